The highest BCUT2D eigenvalue weighted by atomic mass is 32.2. The van der Waals surface area contributed by atoms with E-state index in [1.54, 1.807) is 12.1 Å². The summed E-state index contributed by atoms with van der Waals surface area (Å²) in [6, 6.07) is 16.1. The highest BCUT2D eigenvalue weighted by Gasteiger charge is 2.31. The second kappa shape index (κ2) is 15.4. The van der Waals surface area contributed by atoms with Crippen molar-refractivity contribution in [3.05, 3.63) is 101 Å². The second-order valence-corrected chi connectivity index (χ2v) is 12.2. The first kappa shape index (κ1) is 34.2. The number of benzene rings is 3. The SMILES string of the molecule is CCCN(CCC)S(=O)(=O)c1cccc(C(=O)N[C@@H](Cc2ccccc2)[C@H](O)CNCc2cc(F)cc(C(F)(F)F)c2)c1. The van der Waals surface area contributed by atoms with Crippen LogP contribution in [0.5, 0.6) is 0 Å². The molecule has 0 spiro atoms. The Hall–Kier alpha value is -3.32. The minimum atomic E-state index is -4.71. The predicted octanol–water partition coefficient (Wildman–Crippen LogP) is 5.15. The number of rotatable bonds is 15. The minimum absolute atomic E-state index is 0.0165. The summed E-state index contributed by atoms with van der Waals surface area (Å²) in [7, 11) is -3.83. The molecule has 7 nitrogen and oxygen atoms in total. The summed E-state index contributed by atoms with van der Waals surface area (Å²) in [6.45, 7) is 4.17. The van der Waals surface area contributed by atoms with Gasteiger partial charge in [-0.05, 0) is 66.8 Å². The van der Waals surface area contributed by atoms with E-state index in [0.717, 1.165) is 17.7 Å². The summed E-state index contributed by atoms with van der Waals surface area (Å²) in [5, 5.41) is 16.6. The van der Waals surface area contributed by atoms with Crippen LogP contribution in [-0.4, -0.2) is 55.5 Å². The maximum Gasteiger partial charge on any atom is 0.416 e. The van der Waals surface area contributed by atoms with Gasteiger partial charge in [0.2, 0.25) is 10.0 Å². The maximum atomic E-state index is 13.8. The standard InChI is InChI=1S/C31H37F4N3O4S/c1-3-13-38(14-4-2)43(41,42)27-12-8-11-24(18-27)30(40)37-28(17-22-9-6-5-7-10-22)29(39)21-36-20-23-15-25(31(33,34)35)19-26(32)16-23/h5-12,15-16,18-19,28-29,36,39H,3-4,13-14,17,20-21H2,1-2H3,(H,37,40)/t28-,29+/m0/s1. The molecule has 0 fully saturated rings. The molecule has 0 bridgehead atoms. The third kappa shape index (κ3) is 9.85. The third-order valence-electron chi connectivity index (χ3n) is 6.73. The van der Waals surface area contributed by atoms with Crippen LogP contribution in [-0.2, 0) is 29.2 Å². The van der Waals surface area contributed by atoms with E-state index < -0.39 is 45.6 Å². The number of alkyl halides is 3. The molecule has 0 aliphatic carbocycles. The van der Waals surface area contributed by atoms with Crippen LogP contribution in [0.1, 0.15) is 53.7 Å². The van der Waals surface area contributed by atoms with Gasteiger partial charge in [-0.25, -0.2) is 12.8 Å². The molecule has 0 aromatic heterocycles. The molecule has 0 aliphatic heterocycles. The zero-order valence-electron chi connectivity index (χ0n) is 24.1. The lowest BCUT2D eigenvalue weighted by molar-refractivity contribution is -0.137. The molecule has 3 N–H and O–H groups in total. The number of halogens is 4. The van der Waals surface area contributed by atoms with E-state index in [1.807, 2.05) is 32.0 Å². The van der Waals surface area contributed by atoms with Crippen LogP contribution in [0, 0.1) is 5.82 Å². The van der Waals surface area contributed by atoms with E-state index in [9.17, 15) is 35.9 Å². The molecule has 1 amide bonds. The van der Waals surface area contributed by atoms with E-state index in [2.05, 4.69) is 10.6 Å². The molecule has 234 valence electrons. The topological polar surface area (TPSA) is 98.7 Å². The summed E-state index contributed by atoms with van der Waals surface area (Å²) in [6.07, 6.45) is -4.42. The summed E-state index contributed by atoms with van der Waals surface area (Å²) in [4.78, 5) is 13.3. The van der Waals surface area contributed by atoms with E-state index in [0.29, 0.717) is 32.0 Å². The van der Waals surface area contributed by atoms with Crippen LogP contribution in [0.25, 0.3) is 0 Å². The van der Waals surface area contributed by atoms with Crippen molar-refractivity contribution in [2.75, 3.05) is 19.6 Å². The molecule has 3 aromatic rings. The van der Waals surface area contributed by atoms with Crippen LogP contribution in [0.3, 0.4) is 0 Å². The molecular formula is C31H37F4N3O4S. The van der Waals surface area contributed by atoms with Gasteiger partial charge in [-0.15, -0.1) is 0 Å². The fourth-order valence-corrected chi connectivity index (χ4v) is 6.29. The molecule has 0 saturated heterocycles. The zero-order chi connectivity index (χ0) is 31.6. The fraction of sp³-hybridized carbons (Fsp3) is 0.387. The number of amides is 1. The Bertz CT molecular complexity index is 1450. The number of aliphatic hydroxyl groups is 1. The van der Waals surface area contributed by atoms with Gasteiger partial charge in [0.25, 0.3) is 5.91 Å². The van der Waals surface area contributed by atoms with Gasteiger partial charge in [0.05, 0.1) is 22.6 Å². The van der Waals surface area contributed by atoms with E-state index in [1.165, 1.54) is 28.6 Å². The highest BCUT2D eigenvalue weighted by Crippen LogP contribution is 2.30. The molecule has 0 heterocycles. The zero-order valence-corrected chi connectivity index (χ0v) is 24.9. The quantitative estimate of drug-likeness (QED) is 0.204. The van der Waals surface area contributed by atoms with Gasteiger partial charge < -0.3 is 15.7 Å². The molecule has 0 saturated carbocycles. The average Bonchev–Trinajstić information content (AvgIpc) is 2.96. The van der Waals surface area contributed by atoms with Crippen molar-refractivity contribution in [1.82, 2.24) is 14.9 Å². The lowest BCUT2D eigenvalue weighted by Crippen LogP contribution is -2.48. The Labute approximate surface area is 250 Å². The molecule has 3 aromatic carbocycles. The molecule has 0 aliphatic rings. The van der Waals surface area contributed by atoms with E-state index in [4.69, 9.17) is 0 Å². The first-order valence-corrected chi connectivity index (χ1v) is 15.5. The Balaban J connectivity index is 1.77. The van der Waals surface area contributed by atoms with Crippen molar-refractivity contribution in [3.8, 4) is 0 Å². The largest absolute Gasteiger partial charge is 0.416 e. The Morgan fingerprint density at radius 3 is 2.23 bits per heavy atom. The molecule has 0 radical (unpaired) electrons. The molecular weight excluding hydrogens is 586 g/mol. The number of hydrogen-bond donors (Lipinski definition) is 3. The predicted molar refractivity (Wildman–Crippen MR) is 156 cm³/mol. The smallest absolute Gasteiger partial charge is 0.390 e. The summed E-state index contributed by atoms with van der Waals surface area (Å²) in [5.74, 6) is -1.63. The van der Waals surface area contributed by atoms with Gasteiger partial charge in [0, 0.05) is 31.7 Å². The average molecular weight is 624 g/mol. The second-order valence-electron chi connectivity index (χ2n) is 10.2. The monoisotopic (exact) mass is 623 g/mol. The van der Waals surface area contributed by atoms with Gasteiger partial charge >= 0.3 is 6.18 Å². The number of nitrogens with one attached hydrogen (secondary N) is 2. The lowest BCUT2D eigenvalue weighted by atomic mass is 10.00. The van der Waals surface area contributed by atoms with Crippen LogP contribution in [0.4, 0.5) is 17.6 Å². The van der Waals surface area contributed by atoms with E-state index >= 15 is 0 Å². The summed E-state index contributed by atoms with van der Waals surface area (Å²) < 4.78 is 80.9. The van der Waals surface area contributed by atoms with Crippen molar-refractivity contribution in [3.63, 3.8) is 0 Å². The number of hydrogen-bond acceptors (Lipinski definition) is 5. The number of sulfonamides is 1. The molecule has 0 unspecified atom stereocenters. The van der Waals surface area contributed by atoms with Gasteiger partial charge in [-0.1, -0.05) is 50.2 Å². The van der Waals surface area contributed by atoms with Crippen LogP contribution in [0.2, 0.25) is 0 Å². The van der Waals surface area contributed by atoms with Crippen LogP contribution >= 0.6 is 0 Å². The van der Waals surface area contributed by atoms with Crippen molar-refractivity contribution >= 4 is 15.9 Å². The third-order valence-corrected chi connectivity index (χ3v) is 8.62. The van der Waals surface area contributed by atoms with Crippen LogP contribution < -0.4 is 10.6 Å². The highest BCUT2D eigenvalue weighted by molar-refractivity contribution is 7.89. The van der Waals surface area contributed by atoms with Gasteiger partial charge in [-0.3, -0.25) is 4.79 Å². The molecule has 43 heavy (non-hydrogen) atoms. The Morgan fingerprint density at radius 2 is 1.60 bits per heavy atom. The van der Waals surface area contributed by atoms with Crippen molar-refractivity contribution in [1.29, 1.82) is 0 Å². The van der Waals surface area contributed by atoms with E-state index in [-0.39, 0.29) is 35.5 Å². The summed E-state index contributed by atoms with van der Waals surface area (Å²) in [5.41, 5.74) is -0.179. The molecule has 12 heteroatoms. The van der Waals surface area contributed by atoms with Crippen molar-refractivity contribution < 1.29 is 35.9 Å². The van der Waals surface area contributed by atoms with Crippen molar-refractivity contribution in [2.45, 2.75) is 62.9 Å². The summed E-state index contributed by atoms with van der Waals surface area (Å²) >= 11 is 0. The lowest BCUT2D eigenvalue weighted by Gasteiger charge is -2.25. The van der Waals surface area contributed by atoms with Crippen LogP contribution in [0.15, 0.2) is 77.7 Å². The van der Waals surface area contributed by atoms with Gasteiger partial charge in [0.1, 0.15) is 5.82 Å². The number of aliphatic hydroxyl groups excluding tert-OH is 1. The molecule has 3 rings (SSSR count). The Kier molecular flexibility index (Phi) is 12.3. The normalized spacial score (nSPS) is 13.6. The number of carbonyl (C=O) groups excluding carboxylic acids is 1. The first-order valence-electron chi connectivity index (χ1n) is 14.1. The van der Waals surface area contributed by atoms with Gasteiger partial charge in [-0.2, -0.15) is 17.5 Å². The maximum absolute atomic E-state index is 13.8. The first-order chi connectivity index (χ1) is 20.3. The Morgan fingerprint density at radius 1 is 0.930 bits per heavy atom. The van der Waals surface area contributed by atoms with Gasteiger partial charge in [0.15, 0.2) is 0 Å². The number of nitrogens with zero attached hydrogens (tertiary/aromatic N) is 1. The molecule has 2 atom stereocenters. The fourth-order valence-electron chi connectivity index (χ4n) is 4.62. The van der Waals surface area contributed by atoms with Crippen molar-refractivity contribution in [2.24, 2.45) is 0 Å². The number of carbonyl (C=O) groups is 1. The minimum Gasteiger partial charge on any atom is -0.390 e.